The Morgan fingerprint density at radius 3 is 2.89 bits per heavy atom. The smallest absolute Gasteiger partial charge is 0.132 e. The van der Waals surface area contributed by atoms with Gasteiger partial charge in [-0.25, -0.2) is 9.37 Å². The van der Waals surface area contributed by atoms with Crippen molar-refractivity contribution >= 4 is 5.82 Å². The maximum Gasteiger partial charge on any atom is 0.132 e. The van der Waals surface area contributed by atoms with E-state index in [-0.39, 0.29) is 5.82 Å². The van der Waals surface area contributed by atoms with Crippen LogP contribution in [0.25, 0.3) is 0 Å². The molecule has 1 heterocycles. The summed E-state index contributed by atoms with van der Waals surface area (Å²) in [6.45, 7) is 5.05. The number of aromatic nitrogens is 1. The average Bonchev–Trinajstić information content (AvgIpc) is 2.40. The summed E-state index contributed by atoms with van der Waals surface area (Å²) in [5, 5.41) is 3.19. The lowest BCUT2D eigenvalue weighted by atomic mass is 10.2. The highest BCUT2D eigenvalue weighted by atomic mass is 19.1. The predicted octanol–water partition coefficient (Wildman–Crippen LogP) is 3.54. The van der Waals surface area contributed by atoms with E-state index >= 15 is 0 Å². The number of pyridine rings is 1. The SMILES string of the molecule is CCNc1ncccc1COc1ccc(F)cc1C. The molecule has 0 fully saturated rings. The van der Waals surface area contributed by atoms with E-state index < -0.39 is 0 Å². The molecule has 3 nitrogen and oxygen atoms in total. The van der Waals surface area contributed by atoms with Gasteiger partial charge in [-0.15, -0.1) is 0 Å². The van der Waals surface area contributed by atoms with Crippen LogP contribution >= 0.6 is 0 Å². The van der Waals surface area contributed by atoms with Crippen molar-refractivity contribution in [1.29, 1.82) is 0 Å². The maximum absolute atomic E-state index is 13.0. The van der Waals surface area contributed by atoms with Crippen molar-refractivity contribution in [3.63, 3.8) is 0 Å². The number of hydrogen-bond acceptors (Lipinski definition) is 3. The molecule has 0 amide bonds. The van der Waals surface area contributed by atoms with Crippen molar-refractivity contribution in [3.05, 3.63) is 53.5 Å². The second kappa shape index (κ2) is 6.18. The Labute approximate surface area is 112 Å². The van der Waals surface area contributed by atoms with Crippen LogP contribution in [0.2, 0.25) is 0 Å². The molecule has 1 aromatic carbocycles. The largest absolute Gasteiger partial charge is 0.488 e. The van der Waals surface area contributed by atoms with E-state index in [9.17, 15) is 4.39 Å². The third kappa shape index (κ3) is 3.44. The first-order chi connectivity index (χ1) is 9.20. The van der Waals surface area contributed by atoms with Crippen LogP contribution in [-0.4, -0.2) is 11.5 Å². The fourth-order valence-electron chi connectivity index (χ4n) is 1.81. The van der Waals surface area contributed by atoms with Gasteiger partial charge in [-0.2, -0.15) is 0 Å². The second-order valence-electron chi connectivity index (χ2n) is 4.24. The Hall–Kier alpha value is -2.10. The van der Waals surface area contributed by atoms with Gasteiger partial charge in [-0.3, -0.25) is 0 Å². The number of anilines is 1. The highest BCUT2D eigenvalue weighted by Crippen LogP contribution is 2.21. The van der Waals surface area contributed by atoms with E-state index in [1.54, 1.807) is 12.3 Å². The molecule has 0 unspecified atom stereocenters. The highest BCUT2D eigenvalue weighted by Gasteiger charge is 2.05. The molecule has 0 aliphatic heterocycles. The number of rotatable bonds is 5. The minimum atomic E-state index is -0.250. The highest BCUT2D eigenvalue weighted by molar-refractivity contribution is 5.43. The van der Waals surface area contributed by atoms with Crippen molar-refractivity contribution in [2.24, 2.45) is 0 Å². The lowest BCUT2D eigenvalue weighted by molar-refractivity contribution is 0.304. The van der Waals surface area contributed by atoms with Crippen molar-refractivity contribution in [1.82, 2.24) is 4.98 Å². The molecule has 1 N–H and O–H groups in total. The summed E-state index contributed by atoms with van der Waals surface area (Å²) >= 11 is 0. The van der Waals surface area contributed by atoms with Crippen LogP contribution in [0.4, 0.5) is 10.2 Å². The Kier molecular flexibility index (Phi) is 4.34. The van der Waals surface area contributed by atoms with E-state index in [1.807, 2.05) is 26.0 Å². The summed E-state index contributed by atoms with van der Waals surface area (Å²) in [4.78, 5) is 4.27. The molecule has 100 valence electrons. The molecule has 0 aliphatic rings. The average molecular weight is 260 g/mol. The molecule has 2 aromatic rings. The summed E-state index contributed by atoms with van der Waals surface area (Å²) in [6, 6.07) is 8.34. The standard InChI is InChI=1S/C15H17FN2O/c1-3-17-15-12(5-4-8-18-15)10-19-14-7-6-13(16)9-11(14)2/h4-9H,3,10H2,1-2H3,(H,17,18). The third-order valence-electron chi connectivity index (χ3n) is 2.76. The van der Waals surface area contributed by atoms with Crippen LogP contribution in [0.3, 0.4) is 0 Å². The molecule has 0 atom stereocenters. The number of ether oxygens (including phenoxy) is 1. The van der Waals surface area contributed by atoms with Crippen LogP contribution in [0.15, 0.2) is 36.5 Å². The molecule has 0 saturated carbocycles. The minimum Gasteiger partial charge on any atom is -0.488 e. The van der Waals surface area contributed by atoms with E-state index in [2.05, 4.69) is 10.3 Å². The van der Waals surface area contributed by atoms with Crippen LogP contribution < -0.4 is 10.1 Å². The van der Waals surface area contributed by atoms with Gasteiger partial charge in [0.25, 0.3) is 0 Å². The van der Waals surface area contributed by atoms with E-state index in [0.717, 1.165) is 23.5 Å². The first-order valence-corrected chi connectivity index (χ1v) is 6.27. The van der Waals surface area contributed by atoms with Gasteiger partial charge in [-0.1, -0.05) is 6.07 Å². The Bertz CT molecular complexity index is 558. The number of hydrogen-bond donors (Lipinski definition) is 1. The zero-order valence-electron chi connectivity index (χ0n) is 11.1. The van der Waals surface area contributed by atoms with Crippen LogP contribution in [0.1, 0.15) is 18.1 Å². The fraction of sp³-hybridized carbons (Fsp3) is 0.267. The van der Waals surface area contributed by atoms with E-state index in [1.165, 1.54) is 12.1 Å². The molecule has 0 spiro atoms. The van der Waals surface area contributed by atoms with Crippen molar-refractivity contribution < 1.29 is 9.13 Å². The van der Waals surface area contributed by atoms with Gasteiger partial charge in [0, 0.05) is 18.3 Å². The van der Waals surface area contributed by atoms with Crippen LogP contribution in [0.5, 0.6) is 5.75 Å². The number of aryl methyl sites for hydroxylation is 1. The second-order valence-corrected chi connectivity index (χ2v) is 4.24. The number of benzene rings is 1. The molecule has 1 aromatic heterocycles. The molecule has 2 rings (SSSR count). The van der Waals surface area contributed by atoms with Crippen molar-refractivity contribution in [2.75, 3.05) is 11.9 Å². The van der Waals surface area contributed by atoms with E-state index in [4.69, 9.17) is 4.74 Å². The van der Waals surface area contributed by atoms with Gasteiger partial charge in [0.1, 0.15) is 24.0 Å². The third-order valence-corrected chi connectivity index (χ3v) is 2.76. The van der Waals surface area contributed by atoms with Gasteiger partial charge in [-0.05, 0) is 43.7 Å². The molecule has 0 radical (unpaired) electrons. The summed E-state index contributed by atoms with van der Waals surface area (Å²) in [5.41, 5.74) is 1.77. The lowest BCUT2D eigenvalue weighted by Gasteiger charge is -2.12. The van der Waals surface area contributed by atoms with Crippen LogP contribution in [-0.2, 0) is 6.61 Å². The minimum absolute atomic E-state index is 0.250. The fourth-order valence-corrected chi connectivity index (χ4v) is 1.81. The summed E-state index contributed by atoms with van der Waals surface area (Å²) in [6.07, 6.45) is 1.74. The molecule has 19 heavy (non-hydrogen) atoms. The quantitative estimate of drug-likeness (QED) is 0.892. The first-order valence-electron chi connectivity index (χ1n) is 6.27. The molecule has 4 heteroatoms. The summed E-state index contributed by atoms with van der Waals surface area (Å²) in [7, 11) is 0. The first kappa shape index (κ1) is 13.3. The van der Waals surface area contributed by atoms with Gasteiger partial charge >= 0.3 is 0 Å². The number of nitrogens with zero attached hydrogens (tertiary/aromatic N) is 1. The number of nitrogens with one attached hydrogen (secondary N) is 1. The van der Waals surface area contributed by atoms with E-state index in [0.29, 0.717) is 12.4 Å². The predicted molar refractivity (Wildman–Crippen MR) is 73.9 cm³/mol. The van der Waals surface area contributed by atoms with Crippen LogP contribution in [0, 0.1) is 12.7 Å². The molecule has 0 aliphatic carbocycles. The summed E-state index contributed by atoms with van der Waals surface area (Å²) in [5.74, 6) is 1.26. The van der Waals surface area contributed by atoms with Gasteiger partial charge in [0.05, 0.1) is 0 Å². The molecule has 0 bridgehead atoms. The Balaban J connectivity index is 2.10. The summed E-state index contributed by atoms with van der Waals surface area (Å²) < 4.78 is 18.7. The van der Waals surface area contributed by atoms with Gasteiger partial charge < -0.3 is 10.1 Å². The Morgan fingerprint density at radius 1 is 1.32 bits per heavy atom. The number of halogens is 1. The molecular formula is C15H17FN2O. The van der Waals surface area contributed by atoms with Crippen molar-refractivity contribution in [3.8, 4) is 5.75 Å². The maximum atomic E-state index is 13.0. The topological polar surface area (TPSA) is 34.2 Å². The molecule has 0 saturated heterocycles. The normalized spacial score (nSPS) is 10.3. The molecular weight excluding hydrogens is 243 g/mol. The Morgan fingerprint density at radius 2 is 2.16 bits per heavy atom. The lowest BCUT2D eigenvalue weighted by Crippen LogP contribution is -2.06. The van der Waals surface area contributed by atoms with Crippen molar-refractivity contribution in [2.45, 2.75) is 20.5 Å². The zero-order valence-corrected chi connectivity index (χ0v) is 11.1. The monoisotopic (exact) mass is 260 g/mol. The zero-order chi connectivity index (χ0) is 13.7. The van der Waals surface area contributed by atoms with Gasteiger partial charge in [0.2, 0.25) is 0 Å². The van der Waals surface area contributed by atoms with Gasteiger partial charge in [0.15, 0.2) is 0 Å².